The SMILES string of the molecule is CCN1[C@H](C)CNC[C@@H]1C.CCN1[C@H](C)CNC[C@@H]1C.Cl.Cl.Cl.Cl. The molecule has 0 radical (unpaired) electrons. The molecule has 152 valence electrons. The second kappa shape index (κ2) is 17.4. The van der Waals surface area contributed by atoms with E-state index in [-0.39, 0.29) is 49.6 Å². The minimum atomic E-state index is 0. The van der Waals surface area contributed by atoms with Gasteiger partial charge >= 0.3 is 0 Å². The highest BCUT2D eigenvalue weighted by Gasteiger charge is 2.22. The summed E-state index contributed by atoms with van der Waals surface area (Å²) in [7, 11) is 0. The van der Waals surface area contributed by atoms with Crippen LogP contribution < -0.4 is 10.6 Å². The molecule has 0 saturated carbocycles. The number of likely N-dealkylation sites (N-methyl/N-ethyl adjacent to an activating group) is 2. The summed E-state index contributed by atoms with van der Waals surface area (Å²) in [5.41, 5.74) is 0. The molecule has 0 amide bonds. The van der Waals surface area contributed by atoms with Crippen LogP contribution in [0.5, 0.6) is 0 Å². The third-order valence-corrected chi connectivity index (χ3v) is 4.75. The van der Waals surface area contributed by atoms with Gasteiger partial charge in [-0.1, -0.05) is 13.8 Å². The van der Waals surface area contributed by atoms with Crippen LogP contribution in [-0.4, -0.2) is 73.2 Å². The molecular weight excluding hydrogens is 390 g/mol. The van der Waals surface area contributed by atoms with Gasteiger partial charge in [-0.15, -0.1) is 49.6 Å². The summed E-state index contributed by atoms with van der Waals surface area (Å²) in [6.07, 6.45) is 0. The lowest BCUT2D eigenvalue weighted by molar-refractivity contribution is 0.124. The molecule has 0 aliphatic carbocycles. The molecule has 2 aliphatic rings. The molecule has 0 aromatic carbocycles. The number of piperazine rings is 2. The summed E-state index contributed by atoms with van der Waals surface area (Å²) in [4.78, 5) is 5.08. The fourth-order valence-electron chi connectivity index (χ4n) is 3.59. The maximum absolute atomic E-state index is 3.41. The smallest absolute Gasteiger partial charge is 0.0195 e. The zero-order valence-electron chi connectivity index (χ0n) is 16.1. The predicted octanol–water partition coefficient (Wildman–Crippen LogP) is 3.06. The van der Waals surface area contributed by atoms with Crippen molar-refractivity contribution >= 4 is 49.6 Å². The minimum absolute atomic E-state index is 0. The first-order valence-electron chi connectivity index (χ1n) is 8.44. The molecule has 0 unspecified atom stereocenters. The van der Waals surface area contributed by atoms with Gasteiger partial charge in [-0.3, -0.25) is 9.80 Å². The number of hydrogen-bond acceptors (Lipinski definition) is 4. The highest BCUT2D eigenvalue weighted by molar-refractivity contribution is 5.86. The van der Waals surface area contributed by atoms with E-state index in [1.54, 1.807) is 0 Å². The second-order valence-electron chi connectivity index (χ2n) is 6.37. The molecule has 4 atom stereocenters. The maximum Gasteiger partial charge on any atom is 0.0195 e. The van der Waals surface area contributed by atoms with Gasteiger partial charge in [-0.05, 0) is 40.8 Å². The van der Waals surface area contributed by atoms with Crippen LogP contribution in [-0.2, 0) is 0 Å². The van der Waals surface area contributed by atoms with E-state index in [1.165, 1.54) is 13.1 Å². The summed E-state index contributed by atoms with van der Waals surface area (Å²) in [5, 5.41) is 6.81. The van der Waals surface area contributed by atoms with E-state index >= 15 is 0 Å². The van der Waals surface area contributed by atoms with Gasteiger partial charge in [0.25, 0.3) is 0 Å². The Morgan fingerprint density at radius 3 is 0.917 bits per heavy atom. The van der Waals surface area contributed by atoms with E-state index in [0.717, 1.165) is 26.2 Å². The van der Waals surface area contributed by atoms with E-state index in [1.807, 2.05) is 0 Å². The molecule has 2 heterocycles. The Bertz CT molecular complexity index is 228. The van der Waals surface area contributed by atoms with Gasteiger partial charge in [-0.25, -0.2) is 0 Å². The number of nitrogens with one attached hydrogen (secondary N) is 2. The molecule has 2 N–H and O–H groups in total. The second-order valence-corrected chi connectivity index (χ2v) is 6.37. The summed E-state index contributed by atoms with van der Waals surface area (Å²) < 4.78 is 0. The van der Waals surface area contributed by atoms with Crippen molar-refractivity contribution in [1.29, 1.82) is 0 Å². The lowest BCUT2D eigenvalue weighted by Gasteiger charge is -2.38. The minimum Gasteiger partial charge on any atom is -0.314 e. The normalized spacial score (nSPS) is 30.2. The van der Waals surface area contributed by atoms with Crippen LogP contribution in [0.25, 0.3) is 0 Å². The average Bonchev–Trinajstić information content (AvgIpc) is 2.40. The van der Waals surface area contributed by atoms with E-state index in [9.17, 15) is 0 Å². The maximum atomic E-state index is 3.41. The van der Waals surface area contributed by atoms with Crippen LogP contribution in [0.15, 0.2) is 0 Å². The summed E-state index contributed by atoms with van der Waals surface area (Å²) >= 11 is 0. The molecule has 2 aliphatic heterocycles. The van der Waals surface area contributed by atoms with Gasteiger partial charge in [0.2, 0.25) is 0 Å². The highest BCUT2D eigenvalue weighted by Crippen LogP contribution is 2.08. The molecule has 2 fully saturated rings. The fourth-order valence-corrected chi connectivity index (χ4v) is 3.59. The van der Waals surface area contributed by atoms with Crippen molar-refractivity contribution in [2.75, 3.05) is 39.3 Å². The fraction of sp³-hybridized carbons (Fsp3) is 1.00. The Kier molecular flexibility index (Phi) is 23.7. The van der Waals surface area contributed by atoms with Crippen molar-refractivity contribution < 1.29 is 0 Å². The van der Waals surface area contributed by atoms with Crippen LogP contribution in [0.1, 0.15) is 41.5 Å². The average molecular weight is 430 g/mol. The summed E-state index contributed by atoms with van der Waals surface area (Å²) in [6, 6.07) is 2.87. The third-order valence-electron chi connectivity index (χ3n) is 4.75. The molecule has 4 nitrogen and oxygen atoms in total. The Balaban J connectivity index is -0.000000143. The van der Waals surface area contributed by atoms with Crippen molar-refractivity contribution in [1.82, 2.24) is 20.4 Å². The standard InChI is InChI=1S/2C8H18N2.4ClH/c2*1-4-10-7(2)5-9-6-8(10)3;;;;/h2*7-9H,4-6H2,1-3H3;4*1H/t2*7-,8+;;;;. The zero-order valence-corrected chi connectivity index (χ0v) is 19.3. The summed E-state index contributed by atoms with van der Waals surface area (Å²) in [6.45, 7) is 20.6. The highest BCUT2D eigenvalue weighted by atomic mass is 35.5. The Morgan fingerprint density at radius 1 is 0.583 bits per heavy atom. The molecule has 0 spiro atoms. The Morgan fingerprint density at radius 2 is 0.792 bits per heavy atom. The number of nitrogens with zero attached hydrogens (tertiary/aromatic N) is 2. The molecule has 0 bridgehead atoms. The third kappa shape index (κ3) is 10.2. The Labute approximate surface area is 174 Å². The van der Waals surface area contributed by atoms with Gasteiger partial charge in [0.05, 0.1) is 0 Å². The van der Waals surface area contributed by atoms with Crippen molar-refractivity contribution in [2.45, 2.75) is 65.7 Å². The van der Waals surface area contributed by atoms with Crippen LogP contribution >= 0.6 is 49.6 Å². The first-order chi connectivity index (χ1) is 9.51. The van der Waals surface area contributed by atoms with Crippen molar-refractivity contribution in [3.63, 3.8) is 0 Å². The zero-order chi connectivity index (χ0) is 15.1. The number of halogens is 4. The van der Waals surface area contributed by atoms with E-state index in [4.69, 9.17) is 0 Å². The molecule has 2 rings (SSSR count). The number of hydrogen-bond donors (Lipinski definition) is 2. The van der Waals surface area contributed by atoms with E-state index in [2.05, 4.69) is 62.0 Å². The van der Waals surface area contributed by atoms with Gasteiger partial charge in [0.1, 0.15) is 0 Å². The van der Waals surface area contributed by atoms with Crippen LogP contribution in [0.2, 0.25) is 0 Å². The summed E-state index contributed by atoms with van der Waals surface area (Å²) in [5.74, 6) is 0. The largest absolute Gasteiger partial charge is 0.314 e. The number of rotatable bonds is 2. The molecule has 0 aromatic heterocycles. The Hall–Kier alpha value is 1.00. The predicted molar refractivity (Wildman–Crippen MR) is 117 cm³/mol. The quantitative estimate of drug-likeness (QED) is 0.705. The first kappa shape index (κ1) is 32.7. The first-order valence-corrected chi connectivity index (χ1v) is 8.44. The molecular formula is C16H40Cl4N4. The molecule has 8 heteroatoms. The van der Waals surface area contributed by atoms with Crippen LogP contribution in [0.3, 0.4) is 0 Å². The van der Waals surface area contributed by atoms with Crippen LogP contribution in [0, 0.1) is 0 Å². The van der Waals surface area contributed by atoms with Gasteiger partial charge in [0, 0.05) is 50.3 Å². The molecule has 2 saturated heterocycles. The molecule has 24 heavy (non-hydrogen) atoms. The van der Waals surface area contributed by atoms with Gasteiger partial charge in [-0.2, -0.15) is 0 Å². The topological polar surface area (TPSA) is 30.5 Å². The van der Waals surface area contributed by atoms with Gasteiger partial charge < -0.3 is 10.6 Å². The lowest BCUT2D eigenvalue weighted by atomic mass is 10.1. The lowest BCUT2D eigenvalue weighted by Crippen LogP contribution is -2.54. The van der Waals surface area contributed by atoms with Crippen molar-refractivity contribution in [3.05, 3.63) is 0 Å². The van der Waals surface area contributed by atoms with E-state index < -0.39 is 0 Å². The molecule has 0 aromatic rings. The van der Waals surface area contributed by atoms with Gasteiger partial charge in [0.15, 0.2) is 0 Å². The monoisotopic (exact) mass is 428 g/mol. The van der Waals surface area contributed by atoms with E-state index in [0.29, 0.717) is 24.2 Å². The van der Waals surface area contributed by atoms with Crippen LogP contribution in [0.4, 0.5) is 0 Å². The van der Waals surface area contributed by atoms with Crippen molar-refractivity contribution in [3.8, 4) is 0 Å². The van der Waals surface area contributed by atoms with Crippen molar-refractivity contribution in [2.24, 2.45) is 0 Å².